The quantitative estimate of drug-likeness (QED) is 0.631. The Morgan fingerprint density at radius 2 is 1.89 bits per heavy atom. The van der Waals surface area contributed by atoms with Crippen LogP contribution in [0, 0.1) is 23.0 Å². The number of halogens is 5. The maximum absolute atomic E-state index is 14.5. The van der Waals surface area contributed by atoms with Crippen molar-refractivity contribution in [3.05, 3.63) is 57.7 Å². The number of ether oxygens (including phenoxy) is 2. The van der Waals surface area contributed by atoms with Gasteiger partial charge >= 0.3 is 12.1 Å². The number of hydrogen-bond donors (Lipinski definition) is 1. The second-order valence-electron chi connectivity index (χ2n) is 5.47. The average Bonchev–Trinajstić information content (AvgIpc) is 2.53. The van der Waals surface area contributed by atoms with E-state index in [4.69, 9.17) is 15.2 Å². The average molecular weight is 388 g/mol. The van der Waals surface area contributed by atoms with Crippen LogP contribution in [0.25, 0.3) is 0 Å². The molecule has 1 heterocycles. The molecule has 1 atom stereocenters. The molecule has 0 aromatic heterocycles. The Morgan fingerprint density at radius 3 is 2.33 bits per heavy atom. The lowest BCUT2D eigenvalue weighted by atomic mass is 9.82. The van der Waals surface area contributed by atoms with Crippen LogP contribution in [-0.2, 0) is 20.4 Å². The number of nitrogens with two attached hydrogens (primary N) is 1. The third-order valence-electron chi connectivity index (χ3n) is 3.80. The minimum atomic E-state index is -4.99. The van der Waals surface area contributed by atoms with E-state index in [9.17, 15) is 32.0 Å². The molecule has 0 spiro atoms. The summed E-state index contributed by atoms with van der Waals surface area (Å²) in [6.45, 7) is 2.63. The lowest BCUT2D eigenvalue weighted by Gasteiger charge is -2.27. The zero-order valence-electron chi connectivity index (χ0n) is 14.1. The summed E-state index contributed by atoms with van der Waals surface area (Å²) in [6, 6.07) is 1.74. The van der Waals surface area contributed by atoms with Crippen molar-refractivity contribution in [1.29, 1.82) is 5.26 Å². The Labute approximate surface area is 150 Å². The molecule has 2 rings (SSSR count). The number of allylic oxidation sites excluding steroid dienone is 2. The number of nitrogens with zero attached hydrogens (tertiary/aromatic N) is 1. The van der Waals surface area contributed by atoms with Gasteiger partial charge in [-0.25, -0.2) is 13.6 Å². The van der Waals surface area contributed by atoms with Crippen LogP contribution in [0.1, 0.15) is 30.9 Å². The Balaban J connectivity index is 2.76. The molecule has 0 saturated carbocycles. The van der Waals surface area contributed by atoms with Gasteiger partial charge in [-0.05, 0) is 26.0 Å². The van der Waals surface area contributed by atoms with Crippen LogP contribution >= 0.6 is 0 Å². The number of benzene rings is 1. The summed E-state index contributed by atoms with van der Waals surface area (Å²) < 4.78 is 77.2. The zero-order valence-corrected chi connectivity index (χ0v) is 14.1. The monoisotopic (exact) mass is 388 g/mol. The summed E-state index contributed by atoms with van der Waals surface area (Å²) in [6.07, 6.45) is -4.99. The lowest BCUT2D eigenvalue weighted by Crippen LogP contribution is -2.27. The minimum absolute atomic E-state index is 0.0805. The predicted octanol–water partition coefficient (Wildman–Crippen LogP) is 3.63. The predicted molar refractivity (Wildman–Crippen MR) is 81.3 cm³/mol. The fraction of sp³-hybridized carbons (Fsp3) is 0.294. The molecule has 0 fully saturated rings. The van der Waals surface area contributed by atoms with Gasteiger partial charge in [0, 0.05) is 5.56 Å². The van der Waals surface area contributed by atoms with Crippen molar-refractivity contribution in [3.63, 3.8) is 0 Å². The summed E-state index contributed by atoms with van der Waals surface area (Å²) in [5, 5.41) is 9.31. The molecular formula is C17H13F5N2O3. The summed E-state index contributed by atoms with van der Waals surface area (Å²) in [5.41, 5.74) is 2.12. The molecule has 0 radical (unpaired) electrons. The van der Waals surface area contributed by atoms with Gasteiger partial charge in [-0.2, -0.15) is 18.4 Å². The van der Waals surface area contributed by atoms with E-state index < -0.39 is 57.9 Å². The van der Waals surface area contributed by atoms with E-state index in [0.717, 1.165) is 0 Å². The molecule has 2 N–H and O–H groups in total. The minimum Gasteiger partial charge on any atom is -0.463 e. The topological polar surface area (TPSA) is 85.3 Å². The Hall–Kier alpha value is -3.09. The molecule has 5 nitrogen and oxygen atoms in total. The third-order valence-corrected chi connectivity index (χ3v) is 3.80. The van der Waals surface area contributed by atoms with Gasteiger partial charge in [0.2, 0.25) is 5.88 Å². The van der Waals surface area contributed by atoms with Gasteiger partial charge in [-0.3, -0.25) is 0 Å². The van der Waals surface area contributed by atoms with Gasteiger partial charge in [0.05, 0.1) is 23.7 Å². The number of alkyl halides is 3. The second-order valence-corrected chi connectivity index (χ2v) is 5.47. The number of carbonyl (C=O) groups is 1. The SMILES string of the molecule is CCOC(=O)C1=C(C)OC(N)=C(C#N)C1c1c(F)cc(C(F)(F)F)cc1F. The molecule has 0 aliphatic carbocycles. The molecular weight excluding hydrogens is 375 g/mol. The number of nitriles is 1. The van der Waals surface area contributed by atoms with E-state index in [1.807, 2.05) is 0 Å². The fourth-order valence-electron chi connectivity index (χ4n) is 2.67. The van der Waals surface area contributed by atoms with Gasteiger partial charge < -0.3 is 15.2 Å². The van der Waals surface area contributed by atoms with Gasteiger partial charge in [0.25, 0.3) is 0 Å². The molecule has 1 aromatic carbocycles. The summed E-state index contributed by atoms with van der Waals surface area (Å²) in [7, 11) is 0. The van der Waals surface area contributed by atoms with E-state index >= 15 is 0 Å². The van der Waals surface area contributed by atoms with Gasteiger partial charge in [0.1, 0.15) is 29.0 Å². The first-order chi connectivity index (χ1) is 12.5. The first-order valence-corrected chi connectivity index (χ1v) is 7.54. The molecule has 0 amide bonds. The maximum atomic E-state index is 14.5. The molecule has 1 unspecified atom stereocenters. The Kier molecular flexibility index (Phi) is 5.44. The summed E-state index contributed by atoms with van der Waals surface area (Å²) in [4.78, 5) is 12.3. The highest BCUT2D eigenvalue weighted by molar-refractivity contribution is 5.92. The van der Waals surface area contributed by atoms with Crippen LogP contribution in [-0.4, -0.2) is 12.6 Å². The first kappa shape index (κ1) is 20.2. The highest BCUT2D eigenvalue weighted by Crippen LogP contribution is 2.43. The zero-order chi connectivity index (χ0) is 20.5. The van der Waals surface area contributed by atoms with Crippen molar-refractivity contribution >= 4 is 5.97 Å². The number of rotatable bonds is 3. The highest BCUT2D eigenvalue weighted by atomic mass is 19.4. The third kappa shape index (κ3) is 3.72. The number of esters is 1. The molecule has 0 bridgehead atoms. The normalized spacial score (nSPS) is 17.5. The molecule has 1 aliphatic rings. The summed E-state index contributed by atoms with van der Waals surface area (Å²) in [5.74, 6) is -6.65. The molecule has 1 aliphatic heterocycles. The Morgan fingerprint density at radius 1 is 1.33 bits per heavy atom. The van der Waals surface area contributed by atoms with Crippen LogP contribution in [0.15, 0.2) is 34.9 Å². The van der Waals surface area contributed by atoms with E-state index in [-0.39, 0.29) is 24.5 Å². The van der Waals surface area contributed by atoms with E-state index in [0.29, 0.717) is 0 Å². The van der Waals surface area contributed by atoms with E-state index in [1.165, 1.54) is 13.8 Å². The van der Waals surface area contributed by atoms with Crippen molar-refractivity contribution < 1.29 is 36.2 Å². The van der Waals surface area contributed by atoms with Crippen molar-refractivity contribution in [2.75, 3.05) is 6.61 Å². The maximum Gasteiger partial charge on any atom is 0.416 e. The number of hydrogen-bond acceptors (Lipinski definition) is 5. The van der Waals surface area contributed by atoms with Gasteiger partial charge in [0.15, 0.2) is 0 Å². The molecule has 10 heteroatoms. The van der Waals surface area contributed by atoms with Gasteiger partial charge in [-0.15, -0.1) is 0 Å². The Bertz CT molecular complexity index is 874. The molecule has 144 valence electrons. The van der Waals surface area contributed by atoms with Crippen LogP contribution in [0.5, 0.6) is 0 Å². The largest absolute Gasteiger partial charge is 0.463 e. The lowest BCUT2D eigenvalue weighted by molar-refractivity contribution is -0.139. The van der Waals surface area contributed by atoms with Crippen molar-refractivity contribution in [2.45, 2.75) is 25.9 Å². The van der Waals surface area contributed by atoms with Crippen LogP contribution < -0.4 is 5.73 Å². The molecule has 27 heavy (non-hydrogen) atoms. The molecule has 1 aromatic rings. The number of carbonyl (C=O) groups excluding carboxylic acids is 1. The standard InChI is InChI=1S/C17H13F5N2O3/c1-3-26-16(25)12-7(2)27-15(24)9(6-23)13(12)14-10(18)4-8(5-11(14)19)17(20,21)22/h4-5,13H,3,24H2,1-2H3. The highest BCUT2D eigenvalue weighted by Gasteiger charge is 2.41. The first-order valence-electron chi connectivity index (χ1n) is 7.54. The smallest absolute Gasteiger partial charge is 0.416 e. The van der Waals surface area contributed by atoms with Crippen LogP contribution in [0.3, 0.4) is 0 Å². The van der Waals surface area contributed by atoms with Crippen LogP contribution in [0.4, 0.5) is 22.0 Å². The van der Waals surface area contributed by atoms with E-state index in [2.05, 4.69) is 0 Å². The van der Waals surface area contributed by atoms with Crippen molar-refractivity contribution in [1.82, 2.24) is 0 Å². The molecule has 0 saturated heterocycles. The van der Waals surface area contributed by atoms with E-state index in [1.54, 1.807) is 6.07 Å². The summed E-state index contributed by atoms with van der Waals surface area (Å²) >= 11 is 0. The van der Waals surface area contributed by atoms with Gasteiger partial charge in [-0.1, -0.05) is 0 Å². The fourth-order valence-corrected chi connectivity index (χ4v) is 2.67. The second kappa shape index (κ2) is 7.26. The van der Waals surface area contributed by atoms with Crippen LogP contribution in [0.2, 0.25) is 0 Å². The van der Waals surface area contributed by atoms with Crippen molar-refractivity contribution in [2.24, 2.45) is 5.73 Å². The van der Waals surface area contributed by atoms with Crippen molar-refractivity contribution in [3.8, 4) is 6.07 Å².